The lowest BCUT2D eigenvalue weighted by atomic mass is 9.98. The first kappa shape index (κ1) is 15.2. The normalized spacial score (nSPS) is 15.5. The first-order chi connectivity index (χ1) is 11.3. The summed E-state index contributed by atoms with van der Waals surface area (Å²) in [5, 5.41) is 4.37. The van der Waals surface area contributed by atoms with Crippen molar-refractivity contribution in [3.05, 3.63) is 89.8 Å². The van der Waals surface area contributed by atoms with Gasteiger partial charge in [-0.1, -0.05) is 59.8 Å². The molecule has 23 heavy (non-hydrogen) atoms. The van der Waals surface area contributed by atoms with E-state index in [1.807, 2.05) is 36.4 Å². The third-order valence-electron chi connectivity index (χ3n) is 3.90. The SMILES string of the molecule is C[n+]1ccccc1CC1=CC=CCC1=NOCc1ccccc1. The van der Waals surface area contributed by atoms with Gasteiger partial charge in [0.25, 0.3) is 0 Å². The number of rotatable bonds is 5. The van der Waals surface area contributed by atoms with Crippen LogP contribution < -0.4 is 4.57 Å². The van der Waals surface area contributed by atoms with E-state index in [0.717, 1.165) is 24.1 Å². The number of benzene rings is 1. The van der Waals surface area contributed by atoms with Gasteiger partial charge in [-0.05, 0) is 11.1 Å². The maximum Gasteiger partial charge on any atom is 0.185 e. The fraction of sp³-hybridized carbons (Fsp3) is 0.200. The van der Waals surface area contributed by atoms with Crippen LogP contribution in [0.25, 0.3) is 0 Å². The third kappa shape index (κ3) is 4.16. The summed E-state index contributed by atoms with van der Waals surface area (Å²) in [5.41, 5.74) is 4.60. The lowest BCUT2D eigenvalue weighted by Gasteiger charge is -2.11. The topological polar surface area (TPSA) is 25.5 Å². The van der Waals surface area contributed by atoms with E-state index in [-0.39, 0.29) is 0 Å². The molecule has 1 heterocycles. The predicted octanol–water partition coefficient (Wildman–Crippen LogP) is 3.51. The first-order valence-electron chi connectivity index (χ1n) is 7.85. The minimum absolute atomic E-state index is 0.500. The van der Waals surface area contributed by atoms with Gasteiger partial charge in [-0.15, -0.1) is 0 Å². The Labute approximate surface area is 137 Å². The highest BCUT2D eigenvalue weighted by molar-refractivity contribution is 6.02. The number of oxime groups is 1. The molecular weight excluding hydrogens is 284 g/mol. The molecule has 0 atom stereocenters. The second-order valence-electron chi connectivity index (χ2n) is 5.60. The molecular formula is C20H21N2O+. The largest absolute Gasteiger partial charge is 0.391 e. The molecule has 0 bridgehead atoms. The molecule has 3 rings (SSSR count). The number of allylic oxidation sites excluding steroid dienone is 4. The lowest BCUT2D eigenvalue weighted by molar-refractivity contribution is -0.678. The van der Waals surface area contributed by atoms with Crippen molar-refractivity contribution in [2.45, 2.75) is 19.4 Å². The van der Waals surface area contributed by atoms with E-state index in [9.17, 15) is 0 Å². The molecule has 0 fully saturated rings. The second kappa shape index (κ2) is 7.54. The fourth-order valence-corrected chi connectivity index (χ4v) is 2.54. The van der Waals surface area contributed by atoms with Crippen LogP contribution in [-0.2, 0) is 24.9 Å². The van der Waals surface area contributed by atoms with Gasteiger partial charge in [0.1, 0.15) is 13.7 Å². The minimum Gasteiger partial charge on any atom is -0.391 e. The average Bonchev–Trinajstić information content (AvgIpc) is 2.59. The molecule has 0 amide bonds. The standard InChI is InChI=1S/C20H21N2O/c1-22-14-8-7-12-19(22)15-18-11-5-6-13-20(18)21-23-16-17-9-3-2-4-10-17/h2-12,14H,13,15-16H2,1H3/q+1. The zero-order valence-electron chi connectivity index (χ0n) is 13.4. The molecule has 0 radical (unpaired) electrons. The Hall–Kier alpha value is -2.68. The van der Waals surface area contributed by atoms with Gasteiger partial charge in [-0.2, -0.15) is 0 Å². The summed E-state index contributed by atoms with van der Waals surface area (Å²) in [4.78, 5) is 5.56. The number of aromatic nitrogens is 1. The third-order valence-corrected chi connectivity index (χ3v) is 3.90. The fourth-order valence-electron chi connectivity index (χ4n) is 2.54. The van der Waals surface area contributed by atoms with Crippen molar-refractivity contribution < 1.29 is 9.40 Å². The molecule has 0 N–H and O–H groups in total. The summed E-state index contributed by atoms with van der Waals surface area (Å²) in [7, 11) is 2.07. The average molecular weight is 305 g/mol. The molecule has 0 saturated heterocycles. The molecule has 0 aliphatic heterocycles. The minimum atomic E-state index is 0.500. The predicted molar refractivity (Wildman–Crippen MR) is 91.8 cm³/mol. The highest BCUT2D eigenvalue weighted by Crippen LogP contribution is 2.15. The van der Waals surface area contributed by atoms with Gasteiger partial charge in [0, 0.05) is 18.6 Å². The van der Waals surface area contributed by atoms with Crippen LogP contribution in [-0.4, -0.2) is 5.71 Å². The Morgan fingerprint density at radius 2 is 1.91 bits per heavy atom. The van der Waals surface area contributed by atoms with Crippen LogP contribution in [0.5, 0.6) is 0 Å². The van der Waals surface area contributed by atoms with Gasteiger partial charge in [0.05, 0.1) is 12.1 Å². The van der Waals surface area contributed by atoms with Crippen LogP contribution in [0.15, 0.2) is 83.7 Å². The monoisotopic (exact) mass is 305 g/mol. The van der Waals surface area contributed by atoms with Crippen molar-refractivity contribution in [1.29, 1.82) is 0 Å². The Morgan fingerprint density at radius 3 is 2.74 bits per heavy atom. The Balaban J connectivity index is 1.68. The van der Waals surface area contributed by atoms with Gasteiger partial charge >= 0.3 is 0 Å². The van der Waals surface area contributed by atoms with Crippen LogP contribution in [0.4, 0.5) is 0 Å². The van der Waals surface area contributed by atoms with E-state index in [0.29, 0.717) is 6.61 Å². The number of nitrogens with zero attached hydrogens (tertiary/aromatic N) is 2. The number of aryl methyl sites for hydroxylation is 1. The van der Waals surface area contributed by atoms with Gasteiger partial charge < -0.3 is 4.84 Å². The summed E-state index contributed by atoms with van der Waals surface area (Å²) in [6, 6.07) is 16.4. The van der Waals surface area contributed by atoms with Crippen molar-refractivity contribution >= 4 is 5.71 Å². The molecule has 1 aromatic heterocycles. The quantitative estimate of drug-likeness (QED) is 0.613. The molecule has 2 aromatic rings. The van der Waals surface area contributed by atoms with Gasteiger partial charge in [-0.25, -0.2) is 4.57 Å². The Kier molecular flexibility index (Phi) is 4.99. The van der Waals surface area contributed by atoms with Crippen molar-refractivity contribution in [2.24, 2.45) is 12.2 Å². The Morgan fingerprint density at radius 1 is 1.09 bits per heavy atom. The smallest absolute Gasteiger partial charge is 0.185 e. The molecule has 3 nitrogen and oxygen atoms in total. The molecule has 3 heteroatoms. The highest BCUT2D eigenvalue weighted by Gasteiger charge is 2.15. The molecule has 1 aliphatic carbocycles. The van der Waals surface area contributed by atoms with Crippen LogP contribution in [0.2, 0.25) is 0 Å². The molecule has 1 aliphatic rings. The van der Waals surface area contributed by atoms with Crippen LogP contribution in [0.3, 0.4) is 0 Å². The number of hydrogen-bond donors (Lipinski definition) is 0. The zero-order chi connectivity index (χ0) is 15.9. The molecule has 0 saturated carbocycles. The van der Waals surface area contributed by atoms with E-state index >= 15 is 0 Å². The summed E-state index contributed by atoms with van der Waals surface area (Å²) in [6.07, 6.45) is 10.1. The van der Waals surface area contributed by atoms with Crippen molar-refractivity contribution in [2.75, 3.05) is 0 Å². The van der Waals surface area contributed by atoms with Crippen LogP contribution >= 0.6 is 0 Å². The number of hydrogen-bond acceptors (Lipinski definition) is 2. The molecule has 0 unspecified atom stereocenters. The maximum atomic E-state index is 5.56. The highest BCUT2D eigenvalue weighted by atomic mass is 16.6. The first-order valence-corrected chi connectivity index (χ1v) is 7.85. The van der Waals surface area contributed by atoms with E-state index in [1.165, 1.54) is 11.3 Å². The summed E-state index contributed by atoms with van der Waals surface area (Å²) >= 11 is 0. The van der Waals surface area contributed by atoms with Gasteiger partial charge in [-0.3, -0.25) is 0 Å². The van der Waals surface area contributed by atoms with E-state index < -0.39 is 0 Å². The van der Waals surface area contributed by atoms with Crippen molar-refractivity contribution in [3.63, 3.8) is 0 Å². The zero-order valence-corrected chi connectivity index (χ0v) is 13.4. The Bertz CT molecular complexity index is 745. The summed E-state index contributed by atoms with van der Waals surface area (Å²) < 4.78 is 2.14. The second-order valence-corrected chi connectivity index (χ2v) is 5.60. The van der Waals surface area contributed by atoms with Crippen LogP contribution in [0, 0.1) is 0 Å². The number of pyridine rings is 1. The van der Waals surface area contributed by atoms with Crippen LogP contribution in [0.1, 0.15) is 17.7 Å². The van der Waals surface area contributed by atoms with E-state index in [4.69, 9.17) is 4.84 Å². The van der Waals surface area contributed by atoms with Gasteiger partial charge in [0.2, 0.25) is 0 Å². The molecule has 1 aromatic carbocycles. The van der Waals surface area contributed by atoms with E-state index in [1.54, 1.807) is 0 Å². The lowest BCUT2D eigenvalue weighted by Crippen LogP contribution is -2.33. The molecule has 116 valence electrons. The maximum absolute atomic E-state index is 5.56. The summed E-state index contributed by atoms with van der Waals surface area (Å²) in [5.74, 6) is 0. The van der Waals surface area contributed by atoms with Crippen molar-refractivity contribution in [3.8, 4) is 0 Å². The summed E-state index contributed by atoms with van der Waals surface area (Å²) in [6.45, 7) is 0.500. The van der Waals surface area contributed by atoms with E-state index in [2.05, 4.69) is 53.3 Å². The van der Waals surface area contributed by atoms with Gasteiger partial charge in [0.15, 0.2) is 11.9 Å². The molecule has 0 spiro atoms. The van der Waals surface area contributed by atoms with Crippen molar-refractivity contribution in [1.82, 2.24) is 0 Å².